The van der Waals surface area contributed by atoms with Crippen LogP contribution >= 0.6 is 0 Å². The van der Waals surface area contributed by atoms with Crippen molar-refractivity contribution in [3.8, 4) is 0 Å². The minimum absolute atomic E-state index is 0.0103. The van der Waals surface area contributed by atoms with Gasteiger partial charge < -0.3 is 9.16 Å². The van der Waals surface area contributed by atoms with E-state index in [1.54, 1.807) is 13.0 Å². The fraction of sp³-hybridized carbons (Fsp3) is 0.842. The molecule has 23 heavy (non-hydrogen) atoms. The van der Waals surface area contributed by atoms with Crippen LogP contribution in [-0.2, 0) is 14.0 Å². The summed E-state index contributed by atoms with van der Waals surface area (Å²) in [5, 5.41) is 0.202. The van der Waals surface area contributed by atoms with Gasteiger partial charge in [0, 0.05) is 5.41 Å². The van der Waals surface area contributed by atoms with Crippen molar-refractivity contribution in [3.63, 3.8) is 0 Å². The molecule has 2 heterocycles. The van der Waals surface area contributed by atoms with E-state index >= 15 is 0 Å². The number of hydrogen-bond acceptors (Lipinski definition) is 3. The first-order valence-electron chi connectivity index (χ1n) is 8.80. The van der Waals surface area contributed by atoms with Crippen molar-refractivity contribution in [2.45, 2.75) is 90.8 Å². The molecule has 4 heteroatoms. The Hall–Kier alpha value is -0.453. The lowest BCUT2D eigenvalue weighted by molar-refractivity contribution is -0.355. The van der Waals surface area contributed by atoms with Gasteiger partial charge in [-0.15, -0.1) is 0 Å². The Kier molecular flexibility index (Phi) is 4.54. The first-order chi connectivity index (χ1) is 10.2. The second kappa shape index (κ2) is 5.53. The Balaban J connectivity index is 2.22. The summed E-state index contributed by atoms with van der Waals surface area (Å²) >= 11 is 0. The molecule has 2 saturated heterocycles. The van der Waals surface area contributed by atoms with Crippen molar-refractivity contribution in [2.24, 2.45) is 11.3 Å². The van der Waals surface area contributed by atoms with E-state index < -0.39 is 8.32 Å². The molecule has 3 aliphatic rings. The topological polar surface area (TPSA) is 35.5 Å². The Morgan fingerprint density at radius 1 is 1.30 bits per heavy atom. The van der Waals surface area contributed by atoms with Gasteiger partial charge in [-0.2, -0.15) is 0 Å². The van der Waals surface area contributed by atoms with Gasteiger partial charge in [-0.25, -0.2) is 0 Å². The highest BCUT2D eigenvalue weighted by Gasteiger charge is 2.69. The average molecular weight is 339 g/mol. The maximum atomic E-state index is 11.4. The first-order valence-corrected chi connectivity index (χ1v) is 11.7. The van der Waals surface area contributed by atoms with Gasteiger partial charge in [-0.05, 0) is 49.5 Å². The van der Waals surface area contributed by atoms with Crippen LogP contribution in [0.25, 0.3) is 0 Å². The van der Waals surface area contributed by atoms with Gasteiger partial charge in [0.25, 0.3) is 0 Å². The highest BCUT2D eigenvalue weighted by Crippen LogP contribution is 2.62. The van der Waals surface area contributed by atoms with E-state index in [1.807, 2.05) is 6.08 Å². The Morgan fingerprint density at radius 3 is 2.26 bits per heavy atom. The van der Waals surface area contributed by atoms with Gasteiger partial charge in [-0.3, -0.25) is 4.79 Å². The minimum Gasteiger partial charge on any atom is -0.411 e. The molecule has 3 nitrogen and oxygen atoms in total. The Morgan fingerprint density at radius 2 is 1.87 bits per heavy atom. The van der Waals surface area contributed by atoms with Crippen LogP contribution in [0.3, 0.4) is 0 Å². The minimum atomic E-state index is -1.81. The zero-order valence-electron chi connectivity index (χ0n) is 16.3. The van der Waals surface area contributed by atoms with E-state index in [4.69, 9.17) is 9.16 Å². The molecule has 3 fully saturated rings. The van der Waals surface area contributed by atoms with E-state index in [0.29, 0.717) is 5.92 Å². The molecule has 0 radical (unpaired) electrons. The van der Waals surface area contributed by atoms with Crippen LogP contribution in [0.5, 0.6) is 0 Å². The number of carbonyl (C=O) groups excluding carboxylic acids is 1. The molecule has 1 saturated carbocycles. The molecule has 0 aromatic rings. The summed E-state index contributed by atoms with van der Waals surface area (Å²) < 4.78 is 13.1. The third-order valence-electron chi connectivity index (χ3n) is 6.51. The number of ether oxygens (including phenoxy) is 1. The van der Waals surface area contributed by atoms with Crippen molar-refractivity contribution in [1.82, 2.24) is 0 Å². The highest BCUT2D eigenvalue weighted by molar-refractivity contribution is 6.74. The fourth-order valence-corrected chi connectivity index (χ4v) is 5.27. The molecule has 1 aliphatic carbocycles. The van der Waals surface area contributed by atoms with Crippen LogP contribution in [0.4, 0.5) is 0 Å². The number of ketones is 1. The maximum Gasteiger partial charge on any atom is 0.192 e. The van der Waals surface area contributed by atoms with Gasteiger partial charge in [0.05, 0.1) is 17.8 Å². The normalized spacial score (nSPS) is 36.8. The van der Waals surface area contributed by atoms with E-state index in [1.165, 1.54) is 0 Å². The van der Waals surface area contributed by atoms with E-state index in [9.17, 15) is 4.79 Å². The molecule has 2 aliphatic heterocycles. The standard InChI is InChI=1S/C19H34O3Si/c1-13-12-15(22-23(8,9)17(3,4)5)16-18(6,7)19(13,21-16)11-10-14(2)20/h10-11,13,15-16H,12H2,1-9H3/b11-10+. The third-order valence-corrected chi connectivity index (χ3v) is 11.0. The third kappa shape index (κ3) is 2.87. The van der Waals surface area contributed by atoms with Crippen molar-refractivity contribution in [3.05, 3.63) is 12.2 Å². The number of fused-ring (bicyclic) bond motifs is 2. The van der Waals surface area contributed by atoms with Crippen molar-refractivity contribution >= 4 is 14.1 Å². The van der Waals surface area contributed by atoms with Gasteiger partial charge >= 0.3 is 0 Å². The summed E-state index contributed by atoms with van der Waals surface area (Å²) in [7, 11) is -1.81. The summed E-state index contributed by atoms with van der Waals surface area (Å²) in [5.74, 6) is 0.418. The number of carbonyl (C=O) groups is 1. The summed E-state index contributed by atoms with van der Waals surface area (Å²) in [6, 6.07) is 0. The molecule has 132 valence electrons. The highest BCUT2D eigenvalue weighted by atomic mass is 28.4. The Labute approximate surface area is 142 Å². The molecule has 0 aromatic heterocycles. The summed E-state index contributed by atoms with van der Waals surface area (Å²) in [6.07, 6.45) is 4.95. The molecular formula is C19H34O3Si. The molecule has 0 spiro atoms. The summed E-state index contributed by atoms with van der Waals surface area (Å²) in [4.78, 5) is 11.4. The predicted molar refractivity (Wildman–Crippen MR) is 97.1 cm³/mol. The molecule has 4 atom stereocenters. The number of allylic oxidation sites excluding steroid dienone is 1. The number of hydrogen-bond donors (Lipinski definition) is 0. The first kappa shape index (κ1) is 18.9. The van der Waals surface area contributed by atoms with E-state index in [2.05, 4.69) is 54.6 Å². The molecule has 0 aromatic carbocycles. The maximum absolute atomic E-state index is 11.4. The SMILES string of the molecule is CC(=O)/C=C/C12OC(C(O[Si](C)(C)C(C)(C)C)CC1C)C2(C)C. The zero-order chi connectivity index (χ0) is 17.8. The smallest absolute Gasteiger partial charge is 0.192 e. The molecule has 0 N–H and O–H groups in total. The van der Waals surface area contributed by atoms with Gasteiger partial charge in [0.2, 0.25) is 0 Å². The average Bonchev–Trinajstić information content (AvgIpc) is 2.34. The van der Waals surface area contributed by atoms with Crippen LogP contribution in [-0.4, -0.2) is 31.9 Å². The van der Waals surface area contributed by atoms with Crippen LogP contribution in [0.2, 0.25) is 18.1 Å². The van der Waals surface area contributed by atoms with Crippen LogP contribution in [0.15, 0.2) is 12.2 Å². The molecule has 2 bridgehead atoms. The Bertz CT molecular complexity index is 515. The number of rotatable bonds is 4. The van der Waals surface area contributed by atoms with E-state index in [0.717, 1.165) is 6.42 Å². The zero-order valence-corrected chi connectivity index (χ0v) is 17.3. The molecule has 3 rings (SSSR count). The van der Waals surface area contributed by atoms with E-state index in [-0.39, 0.29) is 34.0 Å². The predicted octanol–water partition coefficient (Wildman–Crippen LogP) is 4.73. The molecule has 4 unspecified atom stereocenters. The van der Waals surface area contributed by atoms with Crippen LogP contribution < -0.4 is 0 Å². The second-order valence-electron chi connectivity index (χ2n) is 9.55. The van der Waals surface area contributed by atoms with Crippen molar-refractivity contribution in [2.75, 3.05) is 0 Å². The summed E-state index contributed by atoms with van der Waals surface area (Å²) in [6.45, 7) is 19.8. The van der Waals surface area contributed by atoms with Gasteiger partial charge in [-0.1, -0.05) is 41.5 Å². The lowest BCUT2D eigenvalue weighted by Gasteiger charge is -2.69. The van der Waals surface area contributed by atoms with Gasteiger partial charge in [0.1, 0.15) is 0 Å². The summed E-state index contributed by atoms with van der Waals surface area (Å²) in [5.41, 5.74) is -0.333. The fourth-order valence-electron chi connectivity index (χ4n) is 3.94. The molecule has 0 amide bonds. The lowest BCUT2D eigenvalue weighted by Crippen LogP contribution is -2.76. The lowest BCUT2D eigenvalue weighted by atomic mass is 9.53. The molecular weight excluding hydrogens is 304 g/mol. The monoisotopic (exact) mass is 338 g/mol. The largest absolute Gasteiger partial charge is 0.411 e. The van der Waals surface area contributed by atoms with Crippen molar-refractivity contribution in [1.29, 1.82) is 0 Å². The quantitative estimate of drug-likeness (QED) is 0.549. The van der Waals surface area contributed by atoms with Crippen LogP contribution in [0, 0.1) is 11.3 Å². The van der Waals surface area contributed by atoms with Crippen LogP contribution in [0.1, 0.15) is 54.9 Å². The second-order valence-corrected chi connectivity index (χ2v) is 14.3. The van der Waals surface area contributed by atoms with Crippen molar-refractivity contribution < 1.29 is 14.0 Å². The van der Waals surface area contributed by atoms with Gasteiger partial charge in [0.15, 0.2) is 14.1 Å².